The van der Waals surface area contributed by atoms with Crippen LogP contribution >= 0.6 is 0 Å². The minimum Gasteiger partial charge on any atom is -0.453 e. The molecule has 2 rings (SSSR count). The van der Waals surface area contributed by atoms with E-state index in [1.807, 2.05) is 0 Å². The highest BCUT2D eigenvalue weighted by Crippen LogP contribution is 2.31. The fourth-order valence-corrected chi connectivity index (χ4v) is 2.05. The Morgan fingerprint density at radius 3 is 2.59 bits per heavy atom. The summed E-state index contributed by atoms with van der Waals surface area (Å²) in [4.78, 5) is 26.7. The summed E-state index contributed by atoms with van der Waals surface area (Å²) in [5, 5.41) is 10.7. The lowest BCUT2D eigenvalue weighted by Gasteiger charge is -2.15. The topological polar surface area (TPSA) is 164 Å². The van der Waals surface area contributed by atoms with Gasteiger partial charge in [0.05, 0.1) is 13.2 Å². The summed E-state index contributed by atoms with van der Waals surface area (Å²) in [6.45, 7) is 3.24. The van der Waals surface area contributed by atoms with Crippen molar-refractivity contribution in [1.82, 2.24) is 4.98 Å². The van der Waals surface area contributed by atoms with Gasteiger partial charge in [-0.2, -0.15) is 0 Å². The van der Waals surface area contributed by atoms with Crippen molar-refractivity contribution in [2.75, 3.05) is 24.2 Å². The lowest BCUT2D eigenvalue weighted by atomic mass is 10.3. The molecule has 29 heavy (non-hydrogen) atoms. The summed E-state index contributed by atoms with van der Waals surface area (Å²) in [6.07, 6.45) is -1.73. The molecule has 0 saturated carbocycles. The molecule has 0 saturated heterocycles. The molecule has 0 spiro atoms. The maximum absolute atomic E-state index is 11.4. The molecule has 1 amide bonds. The van der Waals surface area contributed by atoms with Crippen LogP contribution in [0, 0.1) is 0 Å². The fourth-order valence-electron chi connectivity index (χ4n) is 2.05. The number of pyridine rings is 1. The molecule has 11 heteroatoms. The van der Waals surface area contributed by atoms with Crippen LogP contribution in [0.5, 0.6) is 5.75 Å². The second kappa shape index (κ2) is 10.6. The van der Waals surface area contributed by atoms with Gasteiger partial charge in [-0.3, -0.25) is 4.79 Å². The zero-order valence-corrected chi connectivity index (χ0v) is 16.0. The summed E-state index contributed by atoms with van der Waals surface area (Å²) in [5.74, 6) is 0.273. The van der Waals surface area contributed by atoms with Gasteiger partial charge in [0.1, 0.15) is 17.2 Å². The van der Waals surface area contributed by atoms with Gasteiger partial charge in [0, 0.05) is 6.92 Å². The van der Waals surface area contributed by atoms with Crippen molar-refractivity contribution in [3.8, 4) is 5.75 Å². The predicted octanol–water partition coefficient (Wildman–Crippen LogP) is 2.87. The second-order valence-electron chi connectivity index (χ2n) is 5.51. The monoisotopic (exact) mass is 402 g/mol. The van der Waals surface area contributed by atoms with E-state index >= 15 is 0 Å². The molecule has 0 fully saturated rings. The molecule has 0 aliphatic rings. The number of ether oxygens (including phenoxy) is 3. The van der Waals surface area contributed by atoms with E-state index in [2.05, 4.69) is 20.5 Å². The zero-order chi connectivity index (χ0) is 21.2. The SMILES string of the molecule is CCOC(=O)OC(C)Oc1ccccc1N=Nc1ccc(NC(=O)CN)nc1N. The zero-order valence-electron chi connectivity index (χ0n) is 16.0. The number of nitrogen functional groups attached to an aromatic ring is 1. The number of para-hydroxylation sites is 1. The molecule has 5 N–H and O–H groups in total. The van der Waals surface area contributed by atoms with Crippen molar-refractivity contribution in [1.29, 1.82) is 0 Å². The van der Waals surface area contributed by atoms with Crippen molar-refractivity contribution in [3.05, 3.63) is 36.4 Å². The average Bonchev–Trinajstić information content (AvgIpc) is 2.68. The molecular weight excluding hydrogens is 380 g/mol. The van der Waals surface area contributed by atoms with Gasteiger partial charge in [-0.1, -0.05) is 12.1 Å². The Hall–Kier alpha value is -3.73. The van der Waals surface area contributed by atoms with Gasteiger partial charge in [0.2, 0.25) is 12.2 Å². The third-order valence-corrected chi connectivity index (χ3v) is 3.30. The Kier molecular flexibility index (Phi) is 7.86. The Labute approximate surface area is 167 Å². The summed E-state index contributed by atoms with van der Waals surface area (Å²) in [5.41, 5.74) is 11.8. The lowest BCUT2D eigenvalue weighted by molar-refractivity contribution is -0.114. The van der Waals surface area contributed by atoms with Crippen molar-refractivity contribution >= 4 is 35.1 Å². The summed E-state index contributed by atoms with van der Waals surface area (Å²) < 4.78 is 15.2. The fraction of sp³-hybridized carbons (Fsp3) is 0.278. The van der Waals surface area contributed by atoms with E-state index in [1.165, 1.54) is 6.07 Å². The first-order valence-electron chi connectivity index (χ1n) is 8.70. The quantitative estimate of drug-likeness (QED) is 0.344. The number of aromatic nitrogens is 1. The average molecular weight is 402 g/mol. The number of benzene rings is 1. The van der Waals surface area contributed by atoms with E-state index in [0.717, 1.165) is 0 Å². The molecule has 1 aromatic carbocycles. The van der Waals surface area contributed by atoms with Gasteiger partial charge in [-0.25, -0.2) is 9.78 Å². The van der Waals surface area contributed by atoms with Gasteiger partial charge in [0.15, 0.2) is 11.6 Å². The molecule has 2 aromatic rings. The van der Waals surface area contributed by atoms with Crippen LogP contribution in [-0.2, 0) is 14.3 Å². The lowest BCUT2D eigenvalue weighted by Crippen LogP contribution is -2.22. The van der Waals surface area contributed by atoms with Crippen LogP contribution < -0.4 is 21.5 Å². The molecule has 1 heterocycles. The van der Waals surface area contributed by atoms with Gasteiger partial charge in [-0.05, 0) is 31.2 Å². The predicted molar refractivity (Wildman–Crippen MR) is 105 cm³/mol. The van der Waals surface area contributed by atoms with E-state index in [0.29, 0.717) is 17.1 Å². The Morgan fingerprint density at radius 2 is 1.90 bits per heavy atom. The number of carbonyl (C=O) groups is 2. The maximum Gasteiger partial charge on any atom is 0.511 e. The van der Waals surface area contributed by atoms with Crippen molar-refractivity contribution in [2.24, 2.45) is 16.0 Å². The molecule has 154 valence electrons. The molecule has 11 nitrogen and oxygen atoms in total. The van der Waals surface area contributed by atoms with E-state index in [-0.39, 0.29) is 24.8 Å². The third kappa shape index (κ3) is 6.74. The maximum atomic E-state index is 11.4. The highest BCUT2D eigenvalue weighted by molar-refractivity contribution is 5.91. The highest BCUT2D eigenvalue weighted by atomic mass is 16.8. The summed E-state index contributed by atoms with van der Waals surface area (Å²) in [6, 6.07) is 9.85. The van der Waals surface area contributed by atoms with Crippen LogP contribution in [-0.4, -0.2) is 36.5 Å². The number of hydrogen-bond donors (Lipinski definition) is 3. The van der Waals surface area contributed by atoms with Crippen LogP contribution in [0.15, 0.2) is 46.6 Å². The standard InChI is InChI=1S/C18H22N6O5/c1-3-27-18(26)29-11(2)28-14-7-5-4-6-12(14)23-24-13-8-9-15(22-17(13)20)21-16(25)10-19/h4-9,11H,3,10,19H2,1-2H3,(H3,20,21,22,25). The Bertz CT molecular complexity index is 889. The van der Waals surface area contributed by atoms with Crippen LogP contribution in [0.2, 0.25) is 0 Å². The largest absolute Gasteiger partial charge is 0.511 e. The van der Waals surface area contributed by atoms with Crippen molar-refractivity contribution < 1.29 is 23.8 Å². The molecule has 1 unspecified atom stereocenters. The van der Waals surface area contributed by atoms with Crippen LogP contribution in [0.4, 0.5) is 27.8 Å². The highest BCUT2D eigenvalue weighted by Gasteiger charge is 2.13. The molecule has 1 aromatic heterocycles. The minimum atomic E-state index is -0.900. The number of nitrogens with two attached hydrogens (primary N) is 2. The number of azo groups is 1. The van der Waals surface area contributed by atoms with Gasteiger partial charge >= 0.3 is 6.16 Å². The molecule has 0 aliphatic heterocycles. The first-order chi connectivity index (χ1) is 13.9. The number of anilines is 2. The van der Waals surface area contributed by atoms with Crippen LogP contribution in [0.25, 0.3) is 0 Å². The third-order valence-electron chi connectivity index (χ3n) is 3.30. The Balaban J connectivity index is 2.11. The molecule has 0 aliphatic carbocycles. The number of rotatable bonds is 8. The van der Waals surface area contributed by atoms with Crippen molar-refractivity contribution in [3.63, 3.8) is 0 Å². The Morgan fingerprint density at radius 1 is 1.17 bits per heavy atom. The van der Waals surface area contributed by atoms with Gasteiger partial charge in [0.25, 0.3) is 0 Å². The molecular formula is C18H22N6O5. The summed E-state index contributed by atoms with van der Waals surface area (Å²) in [7, 11) is 0. The molecule has 1 atom stereocenters. The van der Waals surface area contributed by atoms with Gasteiger partial charge < -0.3 is 31.0 Å². The van der Waals surface area contributed by atoms with Crippen LogP contribution in [0.3, 0.4) is 0 Å². The number of hydrogen-bond acceptors (Lipinski definition) is 10. The first kappa shape index (κ1) is 21.6. The number of carbonyl (C=O) groups excluding carboxylic acids is 2. The number of nitrogens with zero attached hydrogens (tertiary/aromatic N) is 3. The van der Waals surface area contributed by atoms with E-state index in [1.54, 1.807) is 44.2 Å². The molecule has 0 radical (unpaired) electrons. The van der Waals surface area contributed by atoms with Crippen molar-refractivity contribution in [2.45, 2.75) is 20.1 Å². The number of nitrogens with one attached hydrogen (secondary N) is 1. The van der Waals surface area contributed by atoms with E-state index in [4.69, 9.17) is 25.7 Å². The first-order valence-corrected chi connectivity index (χ1v) is 8.70. The normalized spacial score (nSPS) is 11.7. The van der Waals surface area contributed by atoms with Gasteiger partial charge in [-0.15, -0.1) is 10.2 Å². The van der Waals surface area contributed by atoms with Crippen LogP contribution in [0.1, 0.15) is 13.8 Å². The number of amides is 1. The second-order valence-corrected chi connectivity index (χ2v) is 5.51. The van der Waals surface area contributed by atoms with E-state index < -0.39 is 18.4 Å². The van der Waals surface area contributed by atoms with E-state index in [9.17, 15) is 9.59 Å². The smallest absolute Gasteiger partial charge is 0.453 e. The summed E-state index contributed by atoms with van der Waals surface area (Å²) >= 11 is 0. The minimum absolute atomic E-state index is 0.0704. The molecule has 0 bridgehead atoms.